The Bertz CT molecular complexity index is 1190. The summed E-state index contributed by atoms with van der Waals surface area (Å²) < 4.78 is 46.6. The van der Waals surface area contributed by atoms with Gasteiger partial charge in [-0.25, -0.2) is 0 Å². The van der Waals surface area contributed by atoms with Crippen molar-refractivity contribution in [2.24, 2.45) is 7.05 Å². The summed E-state index contributed by atoms with van der Waals surface area (Å²) in [7, 11) is 1.64. The molecule has 0 saturated carbocycles. The SMILES string of the molecule is Cc1cn(C)c(=O)c2c(C(=O)N3CCC(Oc4ccccc4C(F)(F)F)CC3)c[nH]c12. The van der Waals surface area contributed by atoms with Crippen molar-refractivity contribution in [1.29, 1.82) is 0 Å². The molecule has 1 fully saturated rings. The molecule has 4 rings (SSSR count). The third-order valence-corrected chi connectivity index (χ3v) is 5.64. The van der Waals surface area contributed by atoms with Gasteiger partial charge in [0.2, 0.25) is 0 Å². The molecule has 1 saturated heterocycles. The molecule has 0 atom stereocenters. The number of halogens is 3. The van der Waals surface area contributed by atoms with Crippen molar-refractivity contribution in [3.8, 4) is 5.75 Å². The van der Waals surface area contributed by atoms with Gasteiger partial charge in [0.15, 0.2) is 0 Å². The summed E-state index contributed by atoms with van der Waals surface area (Å²) in [6, 6.07) is 5.13. The molecule has 31 heavy (non-hydrogen) atoms. The molecular formula is C22H22F3N3O3. The van der Waals surface area contributed by atoms with E-state index in [9.17, 15) is 22.8 Å². The molecule has 1 aliphatic rings. The second kappa shape index (κ2) is 7.79. The highest BCUT2D eigenvalue weighted by molar-refractivity contribution is 6.07. The molecule has 6 nitrogen and oxygen atoms in total. The topological polar surface area (TPSA) is 67.3 Å². The fourth-order valence-corrected chi connectivity index (χ4v) is 4.05. The van der Waals surface area contributed by atoms with Gasteiger partial charge in [0.25, 0.3) is 11.5 Å². The number of aromatic nitrogens is 2. The number of nitrogens with one attached hydrogen (secondary N) is 1. The monoisotopic (exact) mass is 433 g/mol. The van der Waals surface area contributed by atoms with E-state index in [1.807, 2.05) is 6.92 Å². The Hall–Kier alpha value is -3.23. The molecule has 1 aromatic carbocycles. The number of ether oxygens (including phenoxy) is 1. The maximum absolute atomic E-state index is 13.2. The molecule has 0 aliphatic carbocycles. The fourth-order valence-electron chi connectivity index (χ4n) is 4.05. The summed E-state index contributed by atoms with van der Waals surface area (Å²) in [4.78, 5) is 30.3. The molecule has 3 aromatic rings. The van der Waals surface area contributed by atoms with Crippen molar-refractivity contribution in [2.45, 2.75) is 32.0 Å². The highest BCUT2D eigenvalue weighted by Gasteiger charge is 2.35. The number of carbonyl (C=O) groups excluding carboxylic acids is 1. The Morgan fingerprint density at radius 2 is 1.87 bits per heavy atom. The van der Waals surface area contributed by atoms with Crippen molar-refractivity contribution < 1.29 is 22.7 Å². The van der Waals surface area contributed by atoms with Crippen molar-refractivity contribution >= 4 is 16.8 Å². The van der Waals surface area contributed by atoms with E-state index in [0.29, 0.717) is 42.4 Å². The van der Waals surface area contributed by atoms with Gasteiger partial charge in [-0.2, -0.15) is 13.2 Å². The zero-order valence-corrected chi connectivity index (χ0v) is 17.1. The van der Waals surface area contributed by atoms with Crippen LogP contribution in [-0.4, -0.2) is 39.6 Å². The number of piperidine rings is 1. The Labute approximate surface area is 176 Å². The number of fused-ring (bicyclic) bond motifs is 1. The van der Waals surface area contributed by atoms with E-state index in [4.69, 9.17) is 4.74 Å². The predicted molar refractivity (Wildman–Crippen MR) is 109 cm³/mol. The number of amides is 1. The zero-order valence-electron chi connectivity index (χ0n) is 17.1. The minimum absolute atomic E-state index is 0.199. The van der Waals surface area contributed by atoms with Crippen molar-refractivity contribution in [1.82, 2.24) is 14.5 Å². The number of H-pyrrole nitrogens is 1. The number of para-hydroxylation sites is 1. The molecule has 9 heteroatoms. The first-order valence-corrected chi connectivity index (χ1v) is 9.96. The number of benzene rings is 1. The number of alkyl halides is 3. The van der Waals surface area contributed by atoms with Gasteiger partial charge in [0.1, 0.15) is 11.9 Å². The van der Waals surface area contributed by atoms with E-state index < -0.39 is 17.8 Å². The van der Waals surface area contributed by atoms with Crippen molar-refractivity contribution in [2.75, 3.05) is 13.1 Å². The maximum atomic E-state index is 13.2. The van der Waals surface area contributed by atoms with Gasteiger partial charge in [-0.05, 0) is 24.6 Å². The lowest BCUT2D eigenvalue weighted by molar-refractivity contribution is -0.139. The quantitative estimate of drug-likeness (QED) is 0.682. The second-order valence-corrected chi connectivity index (χ2v) is 7.78. The summed E-state index contributed by atoms with van der Waals surface area (Å²) in [5.74, 6) is -0.474. The number of pyridine rings is 1. The number of nitrogens with zero attached hydrogens (tertiary/aromatic N) is 2. The van der Waals surface area contributed by atoms with Crippen LogP contribution < -0.4 is 10.3 Å². The number of hydrogen-bond donors (Lipinski definition) is 1. The molecular weight excluding hydrogens is 411 g/mol. The van der Waals surface area contributed by atoms with E-state index >= 15 is 0 Å². The summed E-state index contributed by atoms with van der Waals surface area (Å²) in [6.45, 7) is 2.52. The van der Waals surface area contributed by atoms with Crippen LogP contribution in [0.4, 0.5) is 13.2 Å². The lowest BCUT2D eigenvalue weighted by atomic mass is 10.1. The second-order valence-electron chi connectivity index (χ2n) is 7.78. The van der Waals surface area contributed by atoms with Crippen molar-refractivity contribution in [3.05, 3.63) is 63.7 Å². The van der Waals surface area contributed by atoms with Crippen LogP contribution in [0, 0.1) is 6.92 Å². The zero-order chi connectivity index (χ0) is 22.3. The predicted octanol–water partition coefficient (Wildman–Crippen LogP) is 3.88. The Morgan fingerprint density at radius 1 is 1.19 bits per heavy atom. The lowest BCUT2D eigenvalue weighted by Crippen LogP contribution is -2.42. The number of hydrogen-bond acceptors (Lipinski definition) is 3. The van der Waals surface area contributed by atoms with Gasteiger partial charge in [-0.15, -0.1) is 0 Å². The molecule has 164 valence electrons. The molecule has 0 unspecified atom stereocenters. The van der Waals surface area contributed by atoms with Crippen LogP contribution in [0.3, 0.4) is 0 Å². The number of aromatic amines is 1. The van der Waals surface area contributed by atoms with Gasteiger partial charge in [0, 0.05) is 45.4 Å². The first kappa shape index (κ1) is 21.0. The lowest BCUT2D eigenvalue weighted by Gasteiger charge is -2.32. The van der Waals surface area contributed by atoms with E-state index in [-0.39, 0.29) is 17.2 Å². The molecule has 1 N–H and O–H groups in total. The molecule has 2 aromatic heterocycles. The molecule has 3 heterocycles. The van der Waals surface area contributed by atoms with Gasteiger partial charge in [-0.3, -0.25) is 9.59 Å². The van der Waals surface area contributed by atoms with Gasteiger partial charge in [0.05, 0.1) is 22.0 Å². The Kier molecular flexibility index (Phi) is 5.28. The van der Waals surface area contributed by atoms with Crippen LogP contribution in [0.1, 0.15) is 34.3 Å². The largest absolute Gasteiger partial charge is 0.490 e. The van der Waals surface area contributed by atoms with E-state index in [0.717, 1.165) is 11.6 Å². The van der Waals surface area contributed by atoms with Crippen LogP contribution in [0.5, 0.6) is 5.75 Å². The molecule has 0 radical (unpaired) electrons. The minimum atomic E-state index is -4.49. The fraction of sp³-hybridized carbons (Fsp3) is 0.364. The van der Waals surface area contributed by atoms with E-state index in [1.54, 1.807) is 24.3 Å². The standard InChI is InChI=1S/C22H22F3N3O3/c1-13-12-27(2)21(30)18-15(11-26-19(13)18)20(29)28-9-7-14(8-10-28)31-17-6-4-3-5-16(17)22(23,24)25/h3-6,11-12,14,26H,7-10H2,1-2H3. The first-order chi connectivity index (χ1) is 14.7. The average Bonchev–Trinajstić information content (AvgIpc) is 3.18. The third kappa shape index (κ3) is 3.92. The van der Waals surface area contributed by atoms with E-state index in [1.165, 1.54) is 22.8 Å². The van der Waals surface area contributed by atoms with Gasteiger partial charge in [-0.1, -0.05) is 12.1 Å². The maximum Gasteiger partial charge on any atom is 0.419 e. The summed E-state index contributed by atoms with van der Waals surface area (Å²) in [5, 5.41) is 0.352. The van der Waals surface area contributed by atoms with Gasteiger partial charge >= 0.3 is 6.18 Å². The van der Waals surface area contributed by atoms with Crippen LogP contribution in [0.2, 0.25) is 0 Å². The highest BCUT2D eigenvalue weighted by Crippen LogP contribution is 2.37. The van der Waals surface area contributed by atoms with Crippen LogP contribution >= 0.6 is 0 Å². The molecule has 0 spiro atoms. The summed E-state index contributed by atoms with van der Waals surface area (Å²) >= 11 is 0. The summed E-state index contributed by atoms with van der Waals surface area (Å²) in [6.07, 6.45) is -0.868. The highest BCUT2D eigenvalue weighted by atomic mass is 19.4. The normalized spacial score (nSPS) is 15.5. The molecule has 1 aliphatic heterocycles. The Morgan fingerprint density at radius 3 is 2.55 bits per heavy atom. The smallest absolute Gasteiger partial charge is 0.419 e. The van der Waals surface area contributed by atoms with Crippen LogP contribution in [-0.2, 0) is 13.2 Å². The minimum Gasteiger partial charge on any atom is -0.490 e. The van der Waals surface area contributed by atoms with Crippen LogP contribution in [0.25, 0.3) is 10.9 Å². The average molecular weight is 433 g/mol. The first-order valence-electron chi connectivity index (χ1n) is 9.96. The number of likely N-dealkylation sites (tertiary alicyclic amines) is 1. The molecule has 0 bridgehead atoms. The van der Waals surface area contributed by atoms with E-state index in [2.05, 4.69) is 4.98 Å². The molecule has 1 amide bonds. The van der Waals surface area contributed by atoms with Crippen molar-refractivity contribution in [3.63, 3.8) is 0 Å². The van der Waals surface area contributed by atoms with Crippen LogP contribution in [0.15, 0.2) is 41.5 Å². The number of carbonyl (C=O) groups is 1. The Balaban J connectivity index is 1.49. The third-order valence-electron chi connectivity index (χ3n) is 5.64. The van der Waals surface area contributed by atoms with Gasteiger partial charge < -0.3 is 19.2 Å². The summed E-state index contributed by atoms with van der Waals surface area (Å²) in [5.41, 5.74) is 0.729. The number of rotatable bonds is 3. The number of aryl methyl sites for hydroxylation is 2.